The van der Waals surface area contributed by atoms with Crippen molar-refractivity contribution in [2.75, 3.05) is 18.0 Å². The summed E-state index contributed by atoms with van der Waals surface area (Å²) in [6.45, 7) is 6.89. The number of aryl methyl sites for hydroxylation is 1. The van der Waals surface area contributed by atoms with Crippen molar-refractivity contribution in [3.05, 3.63) is 54.4 Å². The fraction of sp³-hybridized carbons (Fsp3) is 0.304. The summed E-state index contributed by atoms with van der Waals surface area (Å²) < 4.78 is 16.1. The number of hydrogen-bond acceptors (Lipinski definition) is 5. The van der Waals surface area contributed by atoms with E-state index in [2.05, 4.69) is 19.9 Å². The number of imidazole rings is 1. The highest BCUT2D eigenvalue weighted by Gasteiger charge is 2.32. The quantitative estimate of drug-likeness (QED) is 0.514. The number of pyridine rings is 1. The van der Waals surface area contributed by atoms with Gasteiger partial charge in [-0.25, -0.2) is 24.1 Å². The number of benzene rings is 1. The summed E-state index contributed by atoms with van der Waals surface area (Å²) in [6, 6.07) is 7.10. The van der Waals surface area contributed by atoms with Gasteiger partial charge in [-0.1, -0.05) is 0 Å². The summed E-state index contributed by atoms with van der Waals surface area (Å²) in [6.07, 6.45) is 4.40. The second kappa shape index (κ2) is 7.44. The van der Waals surface area contributed by atoms with E-state index in [-0.39, 0.29) is 17.7 Å². The molecule has 5 rings (SSSR count). The molecule has 1 aliphatic rings. The van der Waals surface area contributed by atoms with E-state index in [0.29, 0.717) is 24.5 Å². The van der Waals surface area contributed by atoms with Crippen LogP contribution in [0.15, 0.2) is 42.9 Å². The number of carbonyl (C=O) groups is 1. The number of fused-ring (bicyclic) bond motifs is 2. The lowest BCUT2D eigenvalue weighted by molar-refractivity contribution is 0.0983. The Balaban J connectivity index is 1.46. The van der Waals surface area contributed by atoms with E-state index < -0.39 is 11.9 Å². The molecule has 1 amide bonds. The van der Waals surface area contributed by atoms with Crippen molar-refractivity contribution in [2.45, 2.75) is 32.9 Å². The van der Waals surface area contributed by atoms with E-state index in [1.54, 1.807) is 23.0 Å². The molecule has 1 aliphatic heterocycles. The molecule has 3 aromatic heterocycles. The second-order valence-corrected chi connectivity index (χ2v) is 8.42. The average Bonchev–Trinajstić information content (AvgIpc) is 3.13. The molecule has 0 spiro atoms. The number of nitrogens with zero attached hydrogens (tertiary/aromatic N) is 6. The number of anilines is 1. The van der Waals surface area contributed by atoms with E-state index in [9.17, 15) is 14.3 Å². The first-order valence-corrected chi connectivity index (χ1v) is 10.5. The molecule has 1 N–H and O–H groups in total. The lowest BCUT2D eigenvalue weighted by Crippen LogP contribution is -2.58. The molecular weight excluding hydrogens is 411 g/mol. The number of rotatable bonds is 2. The van der Waals surface area contributed by atoms with Crippen LogP contribution in [0.2, 0.25) is 0 Å². The number of amides is 1. The number of carboxylic acid groups (broad SMARTS) is 1. The predicted molar refractivity (Wildman–Crippen MR) is 119 cm³/mol. The minimum atomic E-state index is -0.885. The summed E-state index contributed by atoms with van der Waals surface area (Å²) >= 11 is 0. The highest BCUT2D eigenvalue weighted by molar-refractivity contribution is 5.83. The Morgan fingerprint density at radius 2 is 1.88 bits per heavy atom. The zero-order chi connectivity index (χ0) is 22.6. The number of hydrogen-bond donors (Lipinski definition) is 1. The topological polar surface area (TPSA) is 86.9 Å². The Morgan fingerprint density at radius 1 is 1.12 bits per heavy atom. The maximum atomic E-state index is 14.5. The van der Waals surface area contributed by atoms with Gasteiger partial charge in [0.2, 0.25) is 0 Å². The maximum Gasteiger partial charge on any atom is 0.407 e. The van der Waals surface area contributed by atoms with E-state index in [4.69, 9.17) is 0 Å². The predicted octanol–water partition coefficient (Wildman–Crippen LogP) is 3.97. The number of halogens is 1. The molecule has 1 saturated heterocycles. The normalized spacial score (nSPS) is 19.1. The van der Waals surface area contributed by atoms with Crippen LogP contribution in [0.3, 0.4) is 0 Å². The Labute approximate surface area is 184 Å². The van der Waals surface area contributed by atoms with Gasteiger partial charge in [0.15, 0.2) is 17.3 Å². The number of piperazine rings is 1. The molecule has 2 atom stereocenters. The van der Waals surface area contributed by atoms with E-state index >= 15 is 0 Å². The molecule has 32 heavy (non-hydrogen) atoms. The summed E-state index contributed by atoms with van der Waals surface area (Å²) in [7, 11) is 0. The fourth-order valence-corrected chi connectivity index (χ4v) is 4.57. The van der Waals surface area contributed by atoms with Crippen molar-refractivity contribution >= 4 is 28.3 Å². The molecule has 0 radical (unpaired) electrons. The SMILES string of the molecule is Cc1cn2cc(-c3ncc4cc(N5C[C@H](C)N(C(=O)O)[C@@H](C)C5)ccc4n3)cc(F)c2n1. The summed E-state index contributed by atoms with van der Waals surface area (Å²) in [4.78, 5) is 28.5. The first-order chi connectivity index (χ1) is 15.3. The van der Waals surface area contributed by atoms with E-state index in [1.165, 1.54) is 11.0 Å². The highest BCUT2D eigenvalue weighted by Crippen LogP contribution is 2.27. The van der Waals surface area contributed by atoms with E-state index in [1.807, 2.05) is 39.0 Å². The van der Waals surface area contributed by atoms with Crippen molar-refractivity contribution in [2.24, 2.45) is 0 Å². The Bertz CT molecular complexity index is 1340. The third-order valence-electron chi connectivity index (χ3n) is 5.95. The number of aromatic nitrogens is 4. The zero-order valence-electron chi connectivity index (χ0n) is 18.0. The Kier molecular flexibility index (Phi) is 4.69. The van der Waals surface area contributed by atoms with E-state index in [0.717, 1.165) is 22.3 Å². The van der Waals surface area contributed by atoms with Gasteiger partial charge >= 0.3 is 6.09 Å². The third-order valence-corrected chi connectivity index (χ3v) is 5.95. The minimum absolute atomic E-state index is 0.109. The van der Waals surface area contributed by atoms with Crippen LogP contribution in [-0.2, 0) is 0 Å². The lowest BCUT2D eigenvalue weighted by Gasteiger charge is -2.43. The molecule has 0 saturated carbocycles. The summed E-state index contributed by atoms with van der Waals surface area (Å²) in [5.41, 5.74) is 3.35. The van der Waals surface area contributed by atoms with Gasteiger partial charge in [0.25, 0.3) is 0 Å². The van der Waals surface area contributed by atoms with Gasteiger partial charge in [-0.15, -0.1) is 0 Å². The van der Waals surface area contributed by atoms with Crippen molar-refractivity contribution in [3.63, 3.8) is 0 Å². The molecule has 0 bridgehead atoms. The Morgan fingerprint density at radius 3 is 2.59 bits per heavy atom. The van der Waals surface area contributed by atoms with Crippen LogP contribution in [0.5, 0.6) is 0 Å². The molecule has 4 aromatic rings. The molecular formula is C23H23FN6O2. The molecule has 0 aliphatic carbocycles. The largest absolute Gasteiger partial charge is 0.465 e. The molecule has 1 aromatic carbocycles. The Hall–Kier alpha value is -3.75. The molecule has 1 fully saturated rings. The van der Waals surface area contributed by atoms with Crippen molar-refractivity contribution in [3.8, 4) is 11.4 Å². The summed E-state index contributed by atoms with van der Waals surface area (Å²) in [5, 5.41) is 10.3. The van der Waals surface area contributed by atoms with Gasteiger partial charge in [0.1, 0.15) is 0 Å². The van der Waals surface area contributed by atoms with Crippen LogP contribution in [0, 0.1) is 12.7 Å². The van der Waals surface area contributed by atoms with Gasteiger partial charge in [0, 0.05) is 48.3 Å². The van der Waals surface area contributed by atoms with Crippen LogP contribution in [-0.4, -0.2) is 60.6 Å². The van der Waals surface area contributed by atoms with Crippen molar-refractivity contribution in [1.29, 1.82) is 0 Å². The monoisotopic (exact) mass is 434 g/mol. The average molecular weight is 434 g/mol. The fourth-order valence-electron chi connectivity index (χ4n) is 4.57. The van der Waals surface area contributed by atoms with Crippen LogP contribution in [0.25, 0.3) is 27.9 Å². The van der Waals surface area contributed by atoms with Gasteiger partial charge in [-0.2, -0.15) is 0 Å². The van der Waals surface area contributed by atoms with Crippen molar-refractivity contribution < 1.29 is 14.3 Å². The van der Waals surface area contributed by atoms with Crippen LogP contribution in [0.4, 0.5) is 14.9 Å². The van der Waals surface area contributed by atoms with Gasteiger partial charge in [-0.05, 0) is 45.0 Å². The third kappa shape index (κ3) is 3.39. The van der Waals surface area contributed by atoms with Gasteiger partial charge < -0.3 is 14.4 Å². The van der Waals surface area contributed by atoms with Gasteiger partial charge in [-0.3, -0.25) is 4.90 Å². The first-order valence-electron chi connectivity index (χ1n) is 10.5. The van der Waals surface area contributed by atoms with Crippen LogP contribution >= 0.6 is 0 Å². The maximum absolute atomic E-state index is 14.5. The molecule has 4 heterocycles. The van der Waals surface area contributed by atoms with Crippen LogP contribution in [0.1, 0.15) is 19.5 Å². The molecule has 8 nitrogen and oxygen atoms in total. The van der Waals surface area contributed by atoms with Gasteiger partial charge in [0.05, 0.1) is 23.3 Å². The molecule has 9 heteroatoms. The highest BCUT2D eigenvalue weighted by atomic mass is 19.1. The molecule has 164 valence electrons. The smallest absolute Gasteiger partial charge is 0.407 e. The first kappa shape index (κ1) is 20.2. The lowest BCUT2D eigenvalue weighted by atomic mass is 10.1. The van der Waals surface area contributed by atoms with Crippen molar-refractivity contribution in [1.82, 2.24) is 24.3 Å². The zero-order valence-corrected chi connectivity index (χ0v) is 18.0. The minimum Gasteiger partial charge on any atom is -0.465 e. The second-order valence-electron chi connectivity index (χ2n) is 8.42. The summed E-state index contributed by atoms with van der Waals surface area (Å²) in [5.74, 6) is 0.0214. The molecule has 0 unspecified atom stereocenters. The van der Waals surface area contributed by atoms with Crippen LogP contribution < -0.4 is 4.90 Å². The standard InChI is InChI=1S/C23H23FN6O2/c1-13-9-29-12-17(7-19(24)22(29)26-13)21-25-8-16-6-18(4-5-20(16)27-21)28-10-14(2)30(23(31)32)15(3)11-28/h4-9,12,14-15H,10-11H2,1-3H3,(H,31,32)/t14-,15-/m0/s1.